The summed E-state index contributed by atoms with van der Waals surface area (Å²) < 4.78 is 17.8. The molecule has 0 saturated carbocycles. The highest BCUT2D eigenvalue weighted by Crippen LogP contribution is 2.12. The van der Waals surface area contributed by atoms with Crippen LogP contribution in [0.4, 0.5) is 4.39 Å². The molecule has 1 atom stereocenters. The van der Waals surface area contributed by atoms with E-state index in [1.807, 2.05) is 0 Å². The SMILES string of the molecule is Cc1cc(F)ccc1CO[C@H](C)C(=O)O. The first-order valence-corrected chi connectivity index (χ1v) is 4.60. The lowest BCUT2D eigenvalue weighted by Crippen LogP contribution is -2.19. The van der Waals surface area contributed by atoms with Crippen molar-refractivity contribution < 1.29 is 19.0 Å². The number of carboxylic acids is 1. The van der Waals surface area contributed by atoms with Gasteiger partial charge in [0.2, 0.25) is 0 Å². The average molecular weight is 212 g/mol. The van der Waals surface area contributed by atoms with Gasteiger partial charge >= 0.3 is 5.97 Å². The standard InChI is InChI=1S/C11H13FO3/c1-7-5-10(12)4-3-9(7)6-15-8(2)11(13)14/h3-5,8H,6H2,1-2H3,(H,13,14)/t8-/m1/s1. The highest BCUT2D eigenvalue weighted by Gasteiger charge is 2.11. The molecule has 0 amide bonds. The normalized spacial score (nSPS) is 12.5. The molecule has 3 nitrogen and oxygen atoms in total. The zero-order valence-corrected chi connectivity index (χ0v) is 8.66. The Morgan fingerprint density at radius 2 is 2.27 bits per heavy atom. The number of rotatable bonds is 4. The Labute approximate surface area is 87.5 Å². The van der Waals surface area contributed by atoms with Crippen LogP contribution in [-0.4, -0.2) is 17.2 Å². The van der Waals surface area contributed by atoms with Gasteiger partial charge in [0.15, 0.2) is 6.10 Å². The van der Waals surface area contributed by atoms with E-state index in [1.54, 1.807) is 13.0 Å². The van der Waals surface area contributed by atoms with Crippen molar-refractivity contribution in [3.05, 3.63) is 35.1 Å². The van der Waals surface area contributed by atoms with Gasteiger partial charge in [-0.3, -0.25) is 0 Å². The molecule has 0 bridgehead atoms. The average Bonchev–Trinajstić information content (AvgIpc) is 2.15. The van der Waals surface area contributed by atoms with E-state index in [2.05, 4.69) is 0 Å². The first-order valence-electron chi connectivity index (χ1n) is 4.60. The first kappa shape index (κ1) is 11.7. The molecule has 0 aromatic heterocycles. The summed E-state index contributed by atoms with van der Waals surface area (Å²) in [4.78, 5) is 10.5. The number of carbonyl (C=O) groups is 1. The topological polar surface area (TPSA) is 46.5 Å². The largest absolute Gasteiger partial charge is 0.479 e. The van der Waals surface area contributed by atoms with Crippen LogP contribution in [0.1, 0.15) is 18.1 Å². The number of carboxylic acid groups (broad SMARTS) is 1. The van der Waals surface area contributed by atoms with E-state index in [4.69, 9.17) is 9.84 Å². The number of benzene rings is 1. The fraction of sp³-hybridized carbons (Fsp3) is 0.364. The van der Waals surface area contributed by atoms with E-state index in [-0.39, 0.29) is 12.4 Å². The zero-order valence-electron chi connectivity index (χ0n) is 8.66. The lowest BCUT2D eigenvalue weighted by Gasteiger charge is -2.10. The van der Waals surface area contributed by atoms with Crippen LogP contribution in [-0.2, 0) is 16.1 Å². The molecule has 4 heteroatoms. The van der Waals surface area contributed by atoms with Crippen LogP contribution in [0.25, 0.3) is 0 Å². The fourth-order valence-electron chi connectivity index (χ4n) is 1.11. The molecule has 0 radical (unpaired) electrons. The highest BCUT2D eigenvalue weighted by molar-refractivity contribution is 5.71. The number of hydrogen-bond acceptors (Lipinski definition) is 2. The maximum atomic E-state index is 12.7. The summed E-state index contributed by atoms with van der Waals surface area (Å²) in [6.07, 6.45) is -0.852. The van der Waals surface area contributed by atoms with E-state index in [9.17, 15) is 9.18 Å². The maximum absolute atomic E-state index is 12.7. The summed E-state index contributed by atoms with van der Waals surface area (Å²) in [6, 6.07) is 4.32. The number of aliphatic carboxylic acids is 1. The van der Waals surface area contributed by atoms with E-state index in [0.29, 0.717) is 0 Å². The quantitative estimate of drug-likeness (QED) is 0.831. The van der Waals surface area contributed by atoms with Gasteiger partial charge in [-0.1, -0.05) is 6.07 Å². The van der Waals surface area contributed by atoms with Crippen molar-refractivity contribution in [1.29, 1.82) is 0 Å². The number of hydrogen-bond donors (Lipinski definition) is 1. The third-order valence-electron chi connectivity index (χ3n) is 2.14. The van der Waals surface area contributed by atoms with Crippen LogP contribution < -0.4 is 0 Å². The van der Waals surface area contributed by atoms with Crippen LogP contribution in [0.3, 0.4) is 0 Å². The second-order valence-corrected chi connectivity index (χ2v) is 3.36. The molecule has 0 aliphatic heterocycles. The third-order valence-corrected chi connectivity index (χ3v) is 2.14. The van der Waals surface area contributed by atoms with Crippen LogP contribution in [0.2, 0.25) is 0 Å². The molecule has 0 fully saturated rings. The molecule has 0 heterocycles. The summed E-state index contributed by atoms with van der Waals surface area (Å²) in [5.41, 5.74) is 1.55. The second kappa shape index (κ2) is 4.89. The summed E-state index contributed by atoms with van der Waals surface area (Å²) in [7, 11) is 0. The molecular weight excluding hydrogens is 199 g/mol. The van der Waals surface area contributed by atoms with Gasteiger partial charge in [-0.05, 0) is 37.1 Å². The number of aryl methyl sites for hydroxylation is 1. The van der Waals surface area contributed by atoms with Crippen LogP contribution in [0.5, 0.6) is 0 Å². The highest BCUT2D eigenvalue weighted by atomic mass is 19.1. The lowest BCUT2D eigenvalue weighted by atomic mass is 10.1. The predicted molar refractivity (Wildman–Crippen MR) is 53.0 cm³/mol. The maximum Gasteiger partial charge on any atom is 0.332 e. The molecule has 82 valence electrons. The van der Waals surface area contributed by atoms with Crippen molar-refractivity contribution in [2.75, 3.05) is 0 Å². The molecule has 1 rings (SSSR count). The summed E-state index contributed by atoms with van der Waals surface area (Å²) in [5, 5.41) is 8.59. The lowest BCUT2D eigenvalue weighted by molar-refractivity contribution is -0.149. The Balaban J connectivity index is 2.62. The van der Waals surface area contributed by atoms with Crippen molar-refractivity contribution in [3.8, 4) is 0 Å². The third kappa shape index (κ3) is 3.32. The number of halogens is 1. The molecule has 0 aliphatic carbocycles. The van der Waals surface area contributed by atoms with Crippen molar-refractivity contribution >= 4 is 5.97 Å². The minimum Gasteiger partial charge on any atom is -0.479 e. The minimum absolute atomic E-state index is 0.180. The molecular formula is C11H13FO3. The van der Waals surface area contributed by atoms with Gasteiger partial charge in [0, 0.05) is 0 Å². The van der Waals surface area contributed by atoms with Crippen LogP contribution in [0.15, 0.2) is 18.2 Å². The van der Waals surface area contributed by atoms with Crippen molar-refractivity contribution in [2.45, 2.75) is 26.6 Å². The number of ether oxygens (including phenoxy) is 1. The van der Waals surface area contributed by atoms with E-state index in [0.717, 1.165) is 11.1 Å². The Hall–Kier alpha value is -1.42. The molecule has 0 spiro atoms. The van der Waals surface area contributed by atoms with Gasteiger partial charge in [0.1, 0.15) is 5.82 Å². The monoisotopic (exact) mass is 212 g/mol. The first-order chi connectivity index (χ1) is 7.00. The predicted octanol–water partition coefficient (Wildman–Crippen LogP) is 2.12. The van der Waals surface area contributed by atoms with Gasteiger partial charge < -0.3 is 9.84 Å². The van der Waals surface area contributed by atoms with Gasteiger partial charge in [-0.25, -0.2) is 9.18 Å². The molecule has 15 heavy (non-hydrogen) atoms. The van der Waals surface area contributed by atoms with E-state index in [1.165, 1.54) is 19.1 Å². The van der Waals surface area contributed by atoms with Gasteiger partial charge in [0.25, 0.3) is 0 Å². The molecule has 1 aromatic carbocycles. The van der Waals surface area contributed by atoms with Crippen LogP contribution >= 0.6 is 0 Å². The molecule has 0 aliphatic rings. The molecule has 1 aromatic rings. The van der Waals surface area contributed by atoms with Crippen molar-refractivity contribution in [3.63, 3.8) is 0 Å². The van der Waals surface area contributed by atoms with Gasteiger partial charge in [0.05, 0.1) is 6.61 Å². The fourth-order valence-corrected chi connectivity index (χ4v) is 1.11. The van der Waals surface area contributed by atoms with Crippen molar-refractivity contribution in [2.24, 2.45) is 0 Å². The van der Waals surface area contributed by atoms with Gasteiger partial charge in [-0.2, -0.15) is 0 Å². The molecule has 0 saturated heterocycles. The zero-order chi connectivity index (χ0) is 11.4. The van der Waals surface area contributed by atoms with E-state index >= 15 is 0 Å². The summed E-state index contributed by atoms with van der Waals surface area (Å²) >= 11 is 0. The smallest absolute Gasteiger partial charge is 0.332 e. The summed E-state index contributed by atoms with van der Waals surface area (Å²) in [5.74, 6) is -1.31. The second-order valence-electron chi connectivity index (χ2n) is 3.36. The Morgan fingerprint density at radius 3 is 2.80 bits per heavy atom. The van der Waals surface area contributed by atoms with Crippen LogP contribution in [0, 0.1) is 12.7 Å². The minimum atomic E-state index is -1.00. The van der Waals surface area contributed by atoms with Crippen molar-refractivity contribution in [1.82, 2.24) is 0 Å². The Bertz CT molecular complexity index is 363. The summed E-state index contributed by atoms with van der Waals surface area (Å²) in [6.45, 7) is 3.40. The molecule has 1 N–H and O–H groups in total. The Morgan fingerprint density at radius 1 is 1.60 bits per heavy atom. The van der Waals surface area contributed by atoms with Gasteiger partial charge in [-0.15, -0.1) is 0 Å². The molecule has 0 unspecified atom stereocenters. The van der Waals surface area contributed by atoms with E-state index < -0.39 is 12.1 Å². The Kier molecular flexibility index (Phi) is 3.80.